The van der Waals surface area contributed by atoms with Crippen molar-refractivity contribution >= 4 is 27.5 Å². The summed E-state index contributed by atoms with van der Waals surface area (Å²) in [4.78, 5) is 29.0. The minimum atomic E-state index is -3.71. The zero-order valence-electron chi connectivity index (χ0n) is 20.7. The van der Waals surface area contributed by atoms with Crippen molar-refractivity contribution in [1.29, 1.82) is 0 Å². The maximum Gasteiger partial charge on any atom is 0.265 e. The maximum atomic E-state index is 12.9. The Balaban J connectivity index is 1.62. The molecule has 2 atom stereocenters. The standard InChI is InChI=1S/C24H38N4O5S/c1-5-27(6-2)34(31,32)20-8-9-22-21(13-20)28(24(30)17-33-22)16-23(29)25-10-7-11-26-14-18(3)12-19(4)15-26/h8-9,13,18-19H,5-7,10-12,14-17H2,1-4H3,(H,25,29)/t18-,19+. The number of carbonyl (C=O) groups excluding carboxylic acids is 2. The first-order chi connectivity index (χ1) is 16.1. The van der Waals surface area contributed by atoms with E-state index in [2.05, 4.69) is 24.1 Å². The summed E-state index contributed by atoms with van der Waals surface area (Å²) in [6.07, 6.45) is 2.10. The second-order valence-electron chi connectivity index (χ2n) is 9.40. The van der Waals surface area contributed by atoms with Crippen LogP contribution in [0.5, 0.6) is 5.75 Å². The summed E-state index contributed by atoms with van der Waals surface area (Å²) in [5.74, 6) is 1.12. The van der Waals surface area contributed by atoms with Crippen LogP contribution in [0.25, 0.3) is 0 Å². The summed E-state index contributed by atoms with van der Waals surface area (Å²) in [7, 11) is -3.71. The Morgan fingerprint density at radius 3 is 2.50 bits per heavy atom. The molecule has 1 aromatic carbocycles. The van der Waals surface area contributed by atoms with Crippen LogP contribution >= 0.6 is 0 Å². The number of likely N-dealkylation sites (tertiary alicyclic amines) is 1. The van der Waals surface area contributed by atoms with Crippen molar-refractivity contribution in [3.05, 3.63) is 18.2 Å². The van der Waals surface area contributed by atoms with Gasteiger partial charge in [-0.3, -0.25) is 14.5 Å². The van der Waals surface area contributed by atoms with Crippen LogP contribution in [0.4, 0.5) is 5.69 Å². The van der Waals surface area contributed by atoms with Crippen LogP contribution < -0.4 is 15.0 Å². The van der Waals surface area contributed by atoms with Gasteiger partial charge in [-0.1, -0.05) is 27.7 Å². The fourth-order valence-corrected chi connectivity index (χ4v) is 6.41. The van der Waals surface area contributed by atoms with E-state index in [0.717, 1.165) is 26.1 Å². The third-order valence-electron chi connectivity index (χ3n) is 6.44. The average Bonchev–Trinajstić information content (AvgIpc) is 2.78. The molecule has 0 saturated carbocycles. The molecule has 0 aromatic heterocycles. The molecule has 10 heteroatoms. The van der Waals surface area contributed by atoms with Crippen molar-refractivity contribution < 1.29 is 22.7 Å². The predicted molar refractivity (Wildman–Crippen MR) is 131 cm³/mol. The molecule has 1 fully saturated rings. The molecule has 1 saturated heterocycles. The van der Waals surface area contributed by atoms with Gasteiger partial charge in [-0.15, -0.1) is 0 Å². The van der Waals surface area contributed by atoms with Crippen LogP contribution in [0.15, 0.2) is 23.1 Å². The number of piperidine rings is 1. The molecule has 0 aliphatic carbocycles. The number of rotatable bonds is 10. The van der Waals surface area contributed by atoms with Crippen molar-refractivity contribution in [1.82, 2.24) is 14.5 Å². The molecule has 2 heterocycles. The highest BCUT2D eigenvalue weighted by Gasteiger charge is 2.30. The van der Waals surface area contributed by atoms with E-state index in [0.29, 0.717) is 42.9 Å². The summed E-state index contributed by atoms with van der Waals surface area (Å²) in [6.45, 7) is 12.1. The summed E-state index contributed by atoms with van der Waals surface area (Å²) in [5.41, 5.74) is 0.302. The molecular formula is C24H38N4O5S. The number of sulfonamides is 1. The van der Waals surface area contributed by atoms with Crippen LogP contribution in [0.3, 0.4) is 0 Å². The fourth-order valence-electron chi connectivity index (χ4n) is 4.93. The van der Waals surface area contributed by atoms with E-state index in [4.69, 9.17) is 4.74 Å². The van der Waals surface area contributed by atoms with E-state index in [-0.39, 0.29) is 29.9 Å². The number of anilines is 1. The van der Waals surface area contributed by atoms with Crippen LogP contribution in [0.1, 0.15) is 40.5 Å². The summed E-state index contributed by atoms with van der Waals surface area (Å²) < 4.78 is 32.7. The van der Waals surface area contributed by atoms with E-state index >= 15 is 0 Å². The maximum absolute atomic E-state index is 12.9. The number of nitrogens with one attached hydrogen (secondary N) is 1. The molecule has 190 valence electrons. The number of amides is 2. The van der Waals surface area contributed by atoms with Crippen molar-refractivity contribution in [2.24, 2.45) is 11.8 Å². The lowest BCUT2D eigenvalue weighted by molar-refractivity contribution is -0.125. The monoisotopic (exact) mass is 494 g/mol. The highest BCUT2D eigenvalue weighted by molar-refractivity contribution is 7.89. The minimum Gasteiger partial charge on any atom is -0.482 e. The predicted octanol–water partition coefficient (Wildman–Crippen LogP) is 1.93. The lowest BCUT2D eigenvalue weighted by Crippen LogP contribution is -2.46. The van der Waals surface area contributed by atoms with E-state index in [1.165, 1.54) is 27.8 Å². The third-order valence-corrected chi connectivity index (χ3v) is 8.48. The molecule has 0 unspecified atom stereocenters. The van der Waals surface area contributed by atoms with Gasteiger partial charge in [0.25, 0.3) is 5.91 Å². The molecule has 1 N–H and O–H groups in total. The van der Waals surface area contributed by atoms with Gasteiger partial charge in [-0.05, 0) is 49.4 Å². The van der Waals surface area contributed by atoms with Gasteiger partial charge < -0.3 is 15.0 Å². The summed E-state index contributed by atoms with van der Waals surface area (Å²) in [5, 5.41) is 2.90. The number of hydrogen-bond donors (Lipinski definition) is 1. The minimum absolute atomic E-state index is 0.0728. The Labute approximate surface area is 203 Å². The molecular weight excluding hydrogens is 456 g/mol. The lowest BCUT2D eigenvalue weighted by Gasteiger charge is -2.35. The van der Waals surface area contributed by atoms with Gasteiger partial charge in [0.1, 0.15) is 12.3 Å². The fraction of sp³-hybridized carbons (Fsp3) is 0.667. The topological polar surface area (TPSA) is 99.3 Å². The lowest BCUT2D eigenvalue weighted by atomic mass is 9.92. The molecule has 2 amide bonds. The molecule has 3 rings (SSSR count). The van der Waals surface area contributed by atoms with Crippen molar-refractivity contribution in [3.63, 3.8) is 0 Å². The Bertz CT molecular complexity index is 970. The largest absolute Gasteiger partial charge is 0.482 e. The number of carbonyl (C=O) groups is 2. The first kappa shape index (κ1) is 26.4. The molecule has 9 nitrogen and oxygen atoms in total. The first-order valence-corrected chi connectivity index (χ1v) is 13.7. The SMILES string of the molecule is CCN(CC)S(=O)(=O)c1ccc2c(c1)N(CC(=O)NCCCN1C[C@H](C)C[C@H](C)C1)C(=O)CO2. The smallest absolute Gasteiger partial charge is 0.265 e. The van der Waals surface area contributed by atoms with Gasteiger partial charge in [-0.2, -0.15) is 4.31 Å². The zero-order valence-corrected chi connectivity index (χ0v) is 21.6. The molecule has 2 aliphatic heterocycles. The van der Waals surface area contributed by atoms with Crippen molar-refractivity contribution in [2.45, 2.75) is 45.4 Å². The van der Waals surface area contributed by atoms with E-state index in [9.17, 15) is 18.0 Å². The van der Waals surface area contributed by atoms with Gasteiger partial charge in [0.15, 0.2) is 6.61 Å². The van der Waals surface area contributed by atoms with E-state index < -0.39 is 10.0 Å². The molecule has 2 aliphatic rings. The average molecular weight is 495 g/mol. The van der Waals surface area contributed by atoms with Crippen LogP contribution in [0.2, 0.25) is 0 Å². The Morgan fingerprint density at radius 1 is 1.18 bits per heavy atom. The highest BCUT2D eigenvalue weighted by Crippen LogP contribution is 2.34. The number of ether oxygens (including phenoxy) is 1. The number of hydrogen-bond acceptors (Lipinski definition) is 6. The van der Waals surface area contributed by atoms with Crippen LogP contribution in [0, 0.1) is 11.8 Å². The number of fused-ring (bicyclic) bond motifs is 1. The number of nitrogens with zero attached hydrogens (tertiary/aromatic N) is 3. The second-order valence-corrected chi connectivity index (χ2v) is 11.3. The Kier molecular flexibility index (Phi) is 8.95. The van der Waals surface area contributed by atoms with Gasteiger partial charge in [-0.25, -0.2) is 8.42 Å². The van der Waals surface area contributed by atoms with E-state index in [1.54, 1.807) is 19.9 Å². The normalized spacial score (nSPS) is 21.3. The van der Waals surface area contributed by atoms with Gasteiger partial charge in [0.2, 0.25) is 15.9 Å². The highest BCUT2D eigenvalue weighted by atomic mass is 32.2. The quantitative estimate of drug-likeness (QED) is 0.499. The van der Waals surface area contributed by atoms with Crippen molar-refractivity contribution in [3.8, 4) is 5.75 Å². The van der Waals surface area contributed by atoms with E-state index in [1.807, 2.05) is 0 Å². The zero-order chi connectivity index (χ0) is 24.9. The van der Waals surface area contributed by atoms with Gasteiger partial charge >= 0.3 is 0 Å². The second kappa shape index (κ2) is 11.5. The Hall–Kier alpha value is -2.17. The molecule has 0 bridgehead atoms. The van der Waals surface area contributed by atoms with Crippen LogP contribution in [-0.4, -0.2) is 81.9 Å². The first-order valence-electron chi connectivity index (χ1n) is 12.2. The molecule has 1 aromatic rings. The molecule has 0 spiro atoms. The van der Waals surface area contributed by atoms with Gasteiger partial charge in [0.05, 0.1) is 10.6 Å². The molecule has 34 heavy (non-hydrogen) atoms. The van der Waals surface area contributed by atoms with Gasteiger partial charge in [0, 0.05) is 32.7 Å². The Morgan fingerprint density at radius 2 is 1.85 bits per heavy atom. The third kappa shape index (κ3) is 6.28. The number of benzene rings is 1. The van der Waals surface area contributed by atoms with Crippen molar-refractivity contribution in [2.75, 3.05) is 57.3 Å². The molecule has 0 radical (unpaired) electrons. The summed E-state index contributed by atoms with van der Waals surface area (Å²) in [6, 6.07) is 4.44. The summed E-state index contributed by atoms with van der Waals surface area (Å²) >= 11 is 0. The van der Waals surface area contributed by atoms with Crippen LogP contribution in [-0.2, 0) is 19.6 Å².